The Bertz CT molecular complexity index is 804. The van der Waals surface area contributed by atoms with Gasteiger partial charge in [-0.15, -0.1) is 5.10 Å². The maximum Gasteiger partial charge on any atom is 0.244 e. The van der Waals surface area contributed by atoms with Gasteiger partial charge in [0.2, 0.25) is 5.91 Å². The highest BCUT2D eigenvalue weighted by molar-refractivity contribution is 5.76. The number of likely N-dealkylation sites (tertiary alicyclic amines) is 1. The van der Waals surface area contributed by atoms with Gasteiger partial charge in [-0.3, -0.25) is 9.69 Å². The van der Waals surface area contributed by atoms with Crippen LogP contribution in [0.2, 0.25) is 0 Å². The normalized spacial score (nSPS) is 20.5. The van der Waals surface area contributed by atoms with Crippen molar-refractivity contribution in [3.63, 3.8) is 0 Å². The first-order valence-corrected chi connectivity index (χ1v) is 9.73. The van der Waals surface area contributed by atoms with Gasteiger partial charge in [0.05, 0.1) is 32.9 Å². The number of methoxy groups -OCH3 is 1. The summed E-state index contributed by atoms with van der Waals surface area (Å²) < 4.78 is 12.3. The highest BCUT2D eigenvalue weighted by Gasteiger charge is 2.31. The first-order chi connectivity index (χ1) is 13.7. The molecule has 9 nitrogen and oxygen atoms in total. The molecule has 0 radical (unpaired) electrons. The summed E-state index contributed by atoms with van der Waals surface area (Å²) in [4.78, 5) is 17.2. The van der Waals surface area contributed by atoms with Gasteiger partial charge >= 0.3 is 0 Å². The van der Waals surface area contributed by atoms with Crippen molar-refractivity contribution in [1.82, 2.24) is 30.0 Å². The summed E-state index contributed by atoms with van der Waals surface area (Å²) >= 11 is 0. The number of carbonyl (C=O) groups is 1. The van der Waals surface area contributed by atoms with E-state index < -0.39 is 0 Å². The Morgan fingerprint density at radius 3 is 2.96 bits per heavy atom. The molecular formula is C19H26N6O3. The Morgan fingerprint density at radius 1 is 1.29 bits per heavy atom. The van der Waals surface area contributed by atoms with Gasteiger partial charge in [0, 0.05) is 19.6 Å². The Labute approximate surface area is 164 Å². The average molecular weight is 386 g/mol. The molecule has 0 N–H and O–H groups in total. The first kappa shape index (κ1) is 18.8. The van der Waals surface area contributed by atoms with Crippen molar-refractivity contribution in [3.05, 3.63) is 35.7 Å². The van der Waals surface area contributed by atoms with Crippen molar-refractivity contribution >= 4 is 5.91 Å². The van der Waals surface area contributed by atoms with Crippen LogP contribution >= 0.6 is 0 Å². The van der Waals surface area contributed by atoms with Gasteiger partial charge in [-0.1, -0.05) is 12.1 Å². The lowest BCUT2D eigenvalue weighted by molar-refractivity contribution is -0.133. The van der Waals surface area contributed by atoms with Crippen molar-refractivity contribution in [2.45, 2.75) is 32.0 Å². The number of aromatic nitrogens is 4. The van der Waals surface area contributed by atoms with E-state index in [9.17, 15) is 4.79 Å². The molecule has 0 bridgehead atoms. The van der Waals surface area contributed by atoms with Crippen LogP contribution in [-0.4, -0.2) is 75.9 Å². The number of tetrazole rings is 1. The molecule has 1 unspecified atom stereocenters. The molecule has 9 heteroatoms. The summed E-state index contributed by atoms with van der Waals surface area (Å²) in [5.74, 6) is 1.57. The Morgan fingerprint density at radius 2 is 2.14 bits per heavy atom. The van der Waals surface area contributed by atoms with Crippen LogP contribution in [0.25, 0.3) is 0 Å². The maximum atomic E-state index is 13.0. The van der Waals surface area contributed by atoms with E-state index in [0.29, 0.717) is 12.4 Å². The third-order valence-corrected chi connectivity index (χ3v) is 5.41. The molecule has 3 heterocycles. The quantitative estimate of drug-likeness (QED) is 0.728. The van der Waals surface area contributed by atoms with Crippen LogP contribution in [-0.2, 0) is 22.6 Å². The van der Waals surface area contributed by atoms with E-state index in [0.717, 1.165) is 57.0 Å². The van der Waals surface area contributed by atoms with Crippen LogP contribution in [0.5, 0.6) is 5.75 Å². The molecule has 2 aliphatic rings. The van der Waals surface area contributed by atoms with Gasteiger partial charge in [-0.25, -0.2) is 4.68 Å². The molecule has 1 atom stereocenters. The average Bonchev–Trinajstić information content (AvgIpc) is 3.39. The standard InChI is InChI=1S/C19H26N6O3/c1-27-16-5-2-4-15(12-16)17-6-3-7-24(17)19(26)14-25-18(20-21-22-25)13-23-8-10-28-11-9-23/h2,4-5,12,17H,3,6-11,13-14H2,1H3. The van der Waals surface area contributed by atoms with E-state index in [2.05, 4.69) is 26.5 Å². The van der Waals surface area contributed by atoms with E-state index in [-0.39, 0.29) is 18.5 Å². The molecule has 2 aromatic rings. The second kappa shape index (κ2) is 8.66. The summed E-state index contributed by atoms with van der Waals surface area (Å²) in [7, 11) is 1.66. The third-order valence-electron chi connectivity index (χ3n) is 5.41. The zero-order valence-electron chi connectivity index (χ0n) is 16.2. The topological polar surface area (TPSA) is 85.6 Å². The van der Waals surface area contributed by atoms with Crippen molar-refractivity contribution in [2.24, 2.45) is 0 Å². The molecule has 1 aromatic heterocycles. The number of nitrogens with zero attached hydrogens (tertiary/aromatic N) is 6. The first-order valence-electron chi connectivity index (χ1n) is 9.73. The monoisotopic (exact) mass is 386 g/mol. The lowest BCUT2D eigenvalue weighted by Gasteiger charge is -2.27. The summed E-state index contributed by atoms with van der Waals surface area (Å²) in [6, 6.07) is 8.03. The zero-order chi connectivity index (χ0) is 19.3. The molecule has 1 aromatic carbocycles. The SMILES string of the molecule is COc1cccc(C2CCCN2C(=O)Cn2nnnc2CN2CCOCC2)c1. The molecule has 0 spiro atoms. The predicted molar refractivity (Wildman–Crippen MR) is 101 cm³/mol. The van der Waals surface area contributed by atoms with Gasteiger partial charge < -0.3 is 14.4 Å². The Balaban J connectivity index is 1.44. The second-order valence-corrected chi connectivity index (χ2v) is 7.16. The molecule has 2 fully saturated rings. The Kier molecular flexibility index (Phi) is 5.82. The minimum Gasteiger partial charge on any atom is -0.497 e. The fourth-order valence-corrected chi connectivity index (χ4v) is 3.90. The summed E-state index contributed by atoms with van der Waals surface area (Å²) in [5.41, 5.74) is 1.11. The van der Waals surface area contributed by atoms with Gasteiger partial charge in [-0.05, 0) is 41.0 Å². The third kappa shape index (κ3) is 4.15. The fourth-order valence-electron chi connectivity index (χ4n) is 3.90. The molecule has 1 amide bonds. The molecular weight excluding hydrogens is 360 g/mol. The van der Waals surface area contributed by atoms with E-state index in [1.54, 1.807) is 11.8 Å². The molecule has 0 aliphatic carbocycles. The molecule has 2 saturated heterocycles. The zero-order valence-corrected chi connectivity index (χ0v) is 16.2. The van der Waals surface area contributed by atoms with E-state index in [1.165, 1.54) is 0 Å². The molecule has 4 rings (SSSR count). The summed E-state index contributed by atoms with van der Waals surface area (Å²) in [5, 5.41) is 12.0. The van der Waals surface area contributed by atoms with Crippen LogP contribution in [0, 0.1) is 0 Å². The number of morpholine rings is 1. The number of rotatable bonds is 6. The van der Waals surface area contributed by atoms with Gasteiger partial charge in [0.1, 0.15) is 12.3 Å². The summed E-state index contributed by atoms with van der Waals surface area (Å²) in [6.07, 6.45) is 1.94. The van der Waals surface area contributed by atoms with Gasteiger partial charge in [0.15, 0.2) is 5.82 Å². The van der Waals surface area contributed by atoms with Crippen LogP contribution in [0.4, 0.5) is 0 Å². The fraction of sp³-hybridized carbons (Fsp3) is 0.579. The lowest BCUT2D eigenvalue weighted by atomic mass is 10.0. The largest absolute Gasteiger partial charge is 0.497 e. The lowest BCUT2D eigenvalue weighted by Crippen LogP contribution is -2.37. The Hall–Kier alpha value is -2.52. The van der Waals surface area contributed by atoms with Gasteiger partial charge in [-0.2, -0.15) is 0 Å². The number of hydrogen-bond acceptors (Lipinski definition) is 7. The highest BCUT2D eigenvalue weighted by atomic mass is 16.5. The molecule has 2 aliphatic heterocycles. The van der Waals surface area contributed by atoms with Crippen molar-refractivity contribution in [2.75, 3.05) is 40.0 Å². The smallest absolute Gasteiger partial charge is 0.244 e. The van der Waals surface area contributed by atoms with Crippen molar-refractivity contribution < 1.29 is 14.3 Å². The molecule has 150 valence electrons. The highest BCUT2D eigenvalue weighted by Crippen LogP contribution is 2.33. The number of benzene rings is 1. The number of ether oxygens (including phenoxy) is 2. The van der Waals surface area contributed by atoms with E-state index in [1.807, 2.05) is 23.1 Å². The number of amides is 1. The minimum absolute atomic E-state index is 0.0425. The van der Waals surface area contributed by atoms with Crippen LogP contribution in [0.1, 0.15) is 30.3 Å². The number of carbonyl (C=O) groups excluding carboxylic acids is 1. The number of hydrogen-bond donors (Lipinski definition) is 0. The van der Waals surface area contributed by atoms with Crippen molar-refractivity contribution in [1.29, 1.82) is 0 Å². The van der Waals surface area contributed by atoms with Gasteiger partial charge in [0.25, 0.3) is 0 Å². The molecule has 28 heavy (non-hydrogen) atoms. The van der Waals surface area contributed by atoms with E-state index >= 15 is 0 Å². The van der Waals surface area contributed by atoms with Crippen LogP contribution in [0.3, 0.4) is 0 Å². The molecule has 0 saturated carbocycles. The second-order valence-electron chi connectivity index (χ2n) is 7.16. The maximum absolute atomic E-state index is 13.0. The van der Waals surface area contributed by atoms with Crippen LogP contribution < -0.4 is 4.74 Å². The summed E-state index contributed by atoms with van der Waals surface area (Å²) in [6.45, 7) is 4.68. The van der Waals surface area contributed by atoms with Crippen molar-refractivity contribution in [3.8, 4) is 5.75 Å². The minimum atomic E-state index is 0.0425. The van der Waals surface area contributed by atoms with E-state index in [4.69, 9.17) is 9.47 Å². The predicted octanol–water partition coefficient (Wildman–Crippen LogP) is 0.878. The van der Waals surface area contributed by atoms with Crippen LogP contribution in [0.15, 0.2) is 24.3 Å².